The third-order valence-electron chi connectivity index (χ3n) is 7.23. The maximum Gasteiger partial charge on any atom is 0.274 e. The summed E-state index contributed by atoms with van der Waals surface area (Å²) in [5, 5.41) is 8.43. The number of carbonyl (C=O) groups is 1. The molecule has 0 bridgehead atoms. The molecule has 4 aromatic heterocycles. The van der Waals surface area contributed by atoms with Crippen molar-refractivity contribution in [3.05, 3.63) is 72.6 Å². The lowest BCUT2D eigenvalue weighted by atomic mass is 10.0. The number of nitrogens with two attached hydrogens (primary N) is 1. The first-order chi connectivity index (χ1) is 19.9. The zero-order chi connectivity index (χ0) is 28.5. The first-order valence-electron chi connectivity index (χ1n) is 13.4. The molecule has 1 atom stereocenters. The fraction of sp³-hybridized carbons (Fsp3) is 0.276. The van der Waals surface area contributed by atoms with Crippen molar-refractivity contribution < 1.29 is 4.79 Å². The number of hydrogen-bond acceptors (Lipinski definition) is 10. The minimum absolute atomic E-state index is 0.0128. The van der Waals surface area contributed by atoms with Crippen molar-refractivity contribution in [1.29, 1.82) is 0 Å². The molecule has 12 heteroatoms. The Morgan fingerprint density at radius 1 is 1.00 bits per heavy atom. The Labute approximate surface area is 237 Å². The third kappa shape index (κ3) is 5.41. The molecule has 1 aromatic carbocycles. The van der Waals surface area contributed by atoms with Crippen LogP contribution in [0.25, 0.3) is 33.5 Å². The Morgan fingerprint density at radius 2 is 1.83 bits per heavy atom. The van der Waals surface area contributed by atoms with Crippen molar-refractivity contribution in [2.75, 3.05) is 43.9 Å². The van der Waals surface area contributed by atoms with Crippen LogP contribution in [0, 0.1) is 0 Å². The van der Waals surface area contributed by atoms with Gasteiger partial charge in [-0.2, -0.15) is 5.10 Å². The number of carbonyl (C=O) groups excluding carboxylic acids is 1. The van der Waals surface area contributed by atoms with Crippen LogP contribution in [0.2, 0.25) is 0 Å². The van der Waals surface area contributed by atoms with Crippen LogP contribution in [-0.4, -0.2) is 78.7 Å². The van der Waals surface area contributed by atoms with E-state index in [1.807, 2.05) is 56.6 Å². The first kappa shape index (κ1) is 26.3. The molecule has 0 aliphatic carbocycles. The standard InChI is InChI=1S/C29H31N11O/c1-18(23-16-31-17-24(34-23)40-13-11-38(2)12-14-40)33-29(41)27-28(30)36-26(22-8-10-39(3)37-22)25(35-27)20-6-7-21-19(15-20)5-4-9-32-21/h4-10,15-18H,11-14H2,1-3H3,(H2,30,36)(H,33,41). The number of nitrogen functional groups attached to an aromatic ring is 1. The summed E-state index contributed by atoms with van der Waals surface area (Å²) in [6.45, 7) is 5.52. The minimum Gasteiger partial charge on any atom is -0.382 e. The van der Waals surface area contributed by atoms with E-state index < -0.39 is 11.9 Å². The highest BCUT2D eigenvalue weighted by Crippen LogP contribution is 2.31. The van der Waals surface area contributed by atoms with E-state index in [4.69, 9.17) is 15.7 Å². The van der Waals surface area contributed by atoms with Gasteiger partial charge in [0.2, 0.25) is 0 Å². The topological polar surface area (TPSA) is 144 Å². The van der Waals surface area contributed by atoms with Crippen LogP contribution in [0.3, 0.4) is 0 Å². The predicted molar refractivity (Wildman–Crippen MR) is 157 cm³/mol. The number of fused-ring (bicyclic) bond motifs is 1. The van der Waals surface area contributed by atoms with Crippen LogP contribution >= 0.6 is 0 Å². The zero-order valence-electron chi connectivity index (χ0n) is 23.2. The van der Waals surface area contributed by atoms with E-state index in [1.54, 1.807) is 23.3 Å². The summed E-state index contributed by atoms with van der Waals surface area (Å²) in [6, 6.07) is 11.0. The molecule has 1 amide bonds. The van der Waals surface area contributed by atoms with Crippen molar-refractivity contribution in [1.82, 2.24) is 44.9 Å². The molecule has 1 aliphatic heterocycles. The SMILES string of the molecule is CC(NC(=O)c1nc(-c2ccc3ncccc3c2)c(-c2ccn(C)n2)nc1N)c1cncc(N2CCN(C)CC2)n1. The van der Waals surface area contributed by atoms with Crippen LogP contribution in [0.15, 0.2) is 61.2 Å². The number of pyridine rings is 1. The Morgan fingerprint density at radius 3 is 2.61 bits per heavy atom. The number of benzene rings is 1. The summed E-state index contributed by atoms with van der Waals surface area (Å²) < 4.78 is 1.68. The highest BCUT2D eigenvalue weighted by molar-refractivity contribution is 5.98. The number of amides is 1. The quantitative estimate of drug-likeness (QED) is 0.324. The maximum atomic E-state index is 13.5. The summed E-state index contributed by atoms with van der Waals surface area (Å²) in [5.74, 6) is 0.355. The summed E-state index contributed by atoms with van der Waals surface area (Å²) in [4.78, 5) is 41.0. The molecule has 12 nitrogen and oxygen atoms in total. The van der Waals surface area contributed by atoms with Gasteiger partial charge in [-0.15, -0.1) is 0 Å². The van der Waals surface area contributed by atoms with E-state index in [9.17, 15) is 4.79 Å². The fourth-order valence-electron chi connectivity index (χ4n) is 4.87. The van der Waals surface area contributed by atoms with Gasteiger partial charge in [-0.25, -0.2) is 15.0 Å². The highest BCUT2D eigenvalue weighted by atomic mass is 16.2. The summed E-state index contributed by atoms with van der Waals surface area (Å²) in [7, 11) is 3.93. The van der Waals surface area contributed by atoms with Gasteiger partial charge in [0.05, 0.1) is 35.3 Å². The van der Waals surface area contributed by atoms with Crippen LogP contribution in [0.4, 0.5) is 11.6 Å². The van der Waals surface area contributed by atoms with Crippen molar-refractivity contribution in [2.24, 2.45) is 7.05 Å². The molecule has 41 heavy (non-hydrogen) atoms. The number of likely N-dealkylation sites (N-methyl/N-ethyl adjacent to an activating group) is 1. The van der Waals surface area contributed by atoms with E-state index in [2.05, 4.69) is 42.2 Å². The number of rotatable bonds is 6. The van der Waals surface area contributed by atoms with Gasteiger partial charge < -0.3 is 20.9 Å². The normalized spacial score (nSPS) is 14.8. The number of aromatic nitrogens is 7. The van der Waals surface area contributed by atoms with E-state index >= 15 is 0 Å². The summed E-state index contributed by atoms with van der Waals surface area (Å²) >= 11 is 0. The Bertz CT molecular complexity index is 1730. The molecule has 5 heterocycles. The number of nitrogens with zero attached hydrogens (tertiary/aromatic N) is 9. The van der Waals surface area contributed by atoms with Gasteiger partial charge >= 0.3 is 0 Å². The molecule has 1 aliphatic rings. The molecule has 1 saturated heterocycles. The largest absolute Gasteiger partial charge is 0.382 e. The predicted octanol–water partition coefficient (Wildman–Crippen LogP) is 2.71. The third-order valence-corrected chi connectivity index (χ3v) is 7.23. The molecule has 1 fully saturated rings. The molecular weight excluding hydrogens is 518 g/mol. The number of aryl methyl sites for hydroxylation is 1. The number of nitrogens with one attached hydrogen (secondary N) is 1. The lowest BCUT2D eigenvalue weighted by molar-refractivity contribution is 0.0935. The molecular formula is C29H31N11O. The minimum atomic E-state index is -0.453. The zero-order valence-corrected chi connectivity index (χ0v) is 23.2. The fourth-order valence-corrected chi connectivity index (χ4v) is 4.87. The Hall–Kier alpha value is -4.97. The number of anilines is 2. The van der Waals surface area contributed by atoms with Crippen molar-refractivity contribution in [2.45, 2.75) is 13.0 Å². The van der Waals surface area contributed by atoms with Gasteiger partial charge in [-0.3, -0.25) is 19.4 Å². The average Bonchev–Trinajstić information content (AvgIpc) is 3.43. The van der Waals surface area contributed by atoms with Crippen LogP contribution < -0.4 is 16.0 Å². The van der Waals surface area contributed by atoms with Crippen molar-refractivity contribution >= 4 is 28.4 Å². The number of piperazine rings is 1. The highest BCUT2D eigenvalue weighted by Gasteiger charge is 2.24. The van der Waals surface area contributed by atoms with Crippen LogP contribution in [0.5, 0.6) is 0 Å². The molecule has 3 N–H and O–H groups in total. The molecule has 5 aromatic rings. The lowest BCUT2D eigenvalue weighted by Gasteiger charge is -2.33. The second kappa shape index (κ2) is 10.9. The lowest BCUT2D eigenvalue weighted by Crippen LogP contribution is -2.45. The van der Waals surface area contributed by atoms with E-state index in [1.165, 1.54) is 0 Å². The summed E-state index contributed by atoms with van der Waals surface area (Å²) in [6.07, 6.45) is 6.99. The van der Waals surface area contributed by atoms with Crippen molar-refractivity contribution in [3.63, 3.8) is 0 Å². The first-order valence-corrected chi connectivity index (χ1v) is 13.4. The molecule has 0 saturated carbocycles. The molecule has 208 valence electrons. The van der Waals surface area contributed by atoms with Crippen LogP contribution in [0.1, 0.15) is 29.1 Å². The number of hydrogen-bond donors (Lipinski definition) is 2. The van der Waals surface area contributed by atoms with Crippen LogP contribution in [-0.2, 0) is 7.05 Å². The van der Waals surface area contributed by atoms with Gasteiger partial charge in [0.15, 0.2) is 11.5 Å². The van der Waals surface area contributed by atoms with E-state index in [-0.39, 0.29) is 11.5 Å². The Kier molecular flexibility index (Phi) is 6.98. The van der Waals surface area contributed by atoms with Gasteiger partial charge in [0.25, 0.3) is 5.91 Å². The smallest absolute Gasteiger partial charge is 0.274 e. The van der Waals surface area contributed by atoms with Gasteiger partial charge in [0.1, 0.15) is 17.2 Å². The molecule has 0 spiro atoms. The molecule has 0 radical (unpaired) electrons. The monoisotopic (exact) mass is 549 g/mol. The molecule has 1 unspecified atom stereocenters. The maximum absolute atomic E-state index is 13.5. The van der Waals surface area contributed by atoms with Gasteiger partial charge in [-0.05, 0) is 38.2 Å². The second-order valence-corrected chi connectivity index (χ2v) is 10.2. The van der Waals surface area contributed by atoms with Crippen molar-refractivity contribution in [3.8, 4) is 22.6 Å². The molecule has 6 rings (SSSR count). The van der Waals surface area contributed by atoms with Gasteiger partial charge in [-0.1, -0.05) is 12.1 Å². The second-order valence-electron chi connectivity index (χ2n) is 10.2. The Balaban J connectivity index is 1.32. The summed E-state index contributed by atoms with van der Waals surface area (Å²) in [5.41, 5.74) is 10.2. The van der Waals surface area contributed by atoms with Gasteiger partial charge in [0, 0.05) is 56.6 Å². The van der Waals surface area contributed by atoms with E-state index in [0.717, 1.165) is 48.5 Å². The van der Waals surface area contributed by atoms with E-state index in [0.29, 0.717) is 22.8 Å². The average molecular weight is 550 g/mol.